The number of halogens is 2. The lowest BCUT2D eigenvalue weighted by Gasteiger charge is -2.18. The van der Waals surface area contributed by atoms with Gasteiger partial charge in [-0.3, -0.25) is 4.79 Å². The van der Waals surface area contributed by atoms with Crippen molar-refractivity contribution in [1.82, 2.24) is 5.32 Å². The summed E-state index contributed by atoms with van der Waals surface area (Å²) in [6.45, 7) is 3.29. The quantitative estimate of drug-likeness (QED) is 0.837. The monoisotopic (exact) mass is 346 g/mol. The van der Waals surface area contributed by atoms with Crippen molar-refractivity contribution < 1.29 is 14.3 Å². The van der Waals surface area contributed by atoms with Crippen LogP contribution in [0.1, 0.15) is 13.8 Å². The molecule has 0 aromatic heterocycles. The summed E-state index contributed by atoms with van der Waals surface area (Å²) >= 11 is 9.34. The first-order valence-electron chi connectivity index (χ1n) is 5.47. The maximum atomic E-state index is 12.2. The number of amides is 3. The number of carbonyl (C=O) groups is 2. The summed E-state index contributed by atoms with van der Waals surface area (Å²) in [6.07, 6.45) is 0. The van der Waals surface area contributed by atoms with Gasteiger partial charge >= 0.3 is 6.03 Å². The van der Waals surface area contributed by atoms with E-state index >= 15 is 0 Å². The minimum absolute atomic E-state index is 0.325. The Balaban J connectivity index is 2.51. The van der Waals surface area contributed by atoms with Crippen LogP contribution in [0.4, 0.5) is 10.5 Å². The van der Waals surface area contributed by atoms with E-state index in [0.29, 0.717) is 20.9 Å². The number of methoxy groups -OCH3 is 1. The number of nitrogens with zero attached hydrogens (tertiary/aromatic N) is 1. The zero-order valence-corrected chi connectivity index (χ0v) is 12.9. The van der Waals surface area contributed by atoms with E-state index in [1.165, 1.54) is 13.2 Å². The van der Waals surface area contributed by atoms with Gasteiger partial charge in [-0.25, -0.2) is 9.69 Å². The zero-order valence-electron chi connectivity index (χ0n) is 10.6. The van der Waals surface area contributed by atoms with Gasteiger partial charge in [0, 0.05) is 4.47 Å². The van der Waals surface area contributed by atoms with Crippen LogP contribution in [0.2, 0.25) is 5.02 Å². The van der Waals surface area contributed by atoms with Crippen molar-refractivity contribution in [3.05, 3.63) is 21.6 Å². The molecule has 1 aromatic carbocycles. The number of ether oxygens (including phenoxy) is 1. The molecule has 1 N–H and O–H groups in total. The third-order valence-electron chi connectivity index (χ3n) is 2.82. The molecule has 1 fully saturated rings. The first-order chi connectivity index (χ1) is 8.77. The lowest BCUT2D eigenvalue weighted by atomic mass is 10.1. The molecule has 1 saturated heterocycles. The van der Waals surface area contributed by atoms with Crippen molar-refractivity contribution in [1.29, 1.82) is 0 Å². The highest BCUT2D eigenvalue weighted by Crippen LogP contribution is 2.38. The summed E-state index contributed by atoms with van der Waals surface area (Å²) in [4.78, 5) is 25.2. The summed E-state index contributed by atoms with van der Waals surface area (Å²) in [5.74, 6) is 0.128. The second-order valence-corrected chi connectivity index (χ2v) is 5.90. The van der Waals surface area contributed by atoms with Gasteiger partial charge < -0.3 is 10.1 Å². The number of anilines is 1. The fourth-order valence-corrected chi connectivity index (χ4v) is 2.55. The molecule has 1 aromatic rings. The highest BCUT2D eigenvalue weighted by molar-refractivity contribution is 9.10. The maximum absolute atomic E-state index is 12.2. The Bertz CT molecular complexity index is 574. The van der Waals surface area contributed by atoms with Crippen molar-refractivity contribution in [3.8, 4) is 5.75 Å². The van der Waals surface area contributed by atoms with Crippen LogP contribution < -0.4 is 15.0 Å². The van der Waals surface area contributed by atoms with Gasteiger partial charge in [-0.2, -0.15) is 0 Å². The molecule has 5 nitrogen and oxygen atoms in total. The molecule has 7 heteroatoms. The molecule has 0 atom stereocenters. The van der Waals surface area contributed by atoms with Crippen LogP contribution in [0.15, 0.2) is 16.6 Å². The third-order valence-corrected chi connectivity index (χ3v) is 3.75. The van der Waals surface area contributed by atoms with E-state index in [-0.39, 0.29) is 5.91 Å². The number of nitrogens with one attached hydrogen (secondary N) is 1. The average molecular weight is 348 g/mol. The summed E-state index contributed by atoms with van der Waals surface area (Å²) < 4.78 is 5.62. The fraction of sp³-hybridized carbons (Fsp3) is 0.333. The van der Waals surface area contributed by atoms with Gasteiger partial charge in [-0.05, 0) is 41.9 Å². The molecule has 19 heavy (non-hydrogen) atoms. The normalized spacial score (nSPS) is 17.6. The van der Waals surface area contributed by atoms with E-state index in [1.807, 2.05) is 0 Å². The van der Waals surface area contributed by atoms with Crippen LogP contribution in [0.5, 0.6) is 5.75 Å². The molecule has 1 heterocycles. The Morgan fingerprint density at radius 3 is 2.47 bits per heavy atom. The number of hydrogen-bond acceptors (Lipinski definition) is 3. The smallest absolute Gasteiger partial charge is 0.329 e. The molecular formula is C12H12BrClN2O3. The van der Waals surface area contributed by atoms with E-state index in [0.717, 1.165) is 4.90 Å². The largest absolute Gasteiger partial charge is 0.495 e. The molecule has 0 saturated carbocycles. The number of hydrogen-bond donors (Lipinski definition) is 1. The molecule has 0 radical (unpaired) electrons. The van der Waals surface area contributed by atoms with E-state index in [1.54, 1.807) is 19.9 Å². The van der Waals surface area contributed by atoms with Crippen molar-refractivity contribution >= 4 is 45.2 Å². The molecule has 0 unspecified atom stereocenters. The Morgan fingerprint density at radius 1 is 1.37 bits per heavy atom. The minimum atomic E-state index is -0.928. The molecular weight excluding hydrogens is 336 g/mol. The molecule has 2 rings (SSSR count). The molecule has 0 spiro atoms. The molecule has 0 bridgehead atoms. The fourth-order valence-electron chi connectivity index (χ4n) is 1.81. The van der Waals surface area contributed by atoms with E-state index < -0.39 is 11.6 Å². The Hall–Kier alpha value is -1.27. The zero-order chi connectivity index (χ0) is 14.4. The van der Waals surface area contributed by atoms with Gasteiger partial charge in [-0.1, -0.05) is 11.6 Å². The van der Waals surface area contributed by atoms with Crippen molar-refractivity contribution in [2.24, 2.45) is 0 Å². The van der Waals surface area contributed by atoms with Crippen LogP contribution in [-0.2, 0) is 4.79 Å². The van der Waals surface area contributed by atoms with Crippen molar-refractivity contribution in [3.63, 3.8) is 0 Å². The van der Waals surface area contributed by atoms with Gasteiger partial charge in [0.1, 0.15) is 11.3 Å². The van der Waals surface area contributed by atoms with Gasteiger partial charge in [0.2, 0.25) is 0 Å². The Morgan fingerprint density at radius 2 is 2.00 bits per heavy atom. The number of urea groups is 1. The van der Waals surface area contributed by atoms with Gasteiger partial charge in [0.05, 0.1) is 17.8 Å². The molecule has 1 aliphatic heterocycles. The lowest BCUT2D eigenvalue weighted by molar-refractivity contribution is -0.121. The molecule has 0 aliphatic carbocycles. The Labute approximate surface area is 124 Å². The van der Waals surface area contributed by atoms with Crippen LogP contribution in [0, 0.1) is 0 Å². The number of rotatable bonds is 2. The van der Waals surface area contributed by atoms with Gasteiger partial charge in [0.15, 0.2) is 0 Å². The third kappa shape index (κ3) is 2.30. The molecule has 1 aliphatic rings. The number of carbonyl (C=O) groups excluding carboxylic acids is 2. The van der Waals surface area contributed by atoms with Gasteiger partial charge in [-0.15, -0.1) is 0 Å². The highest BCUT2D eigenvalue weighted by atomic mass is 79.9. The molecule has 3 amide bonds. The average Bonchev–Trinajstić information content (AvgIpc) is 2.51. The van der Waals surface area contributed by atoms with Crippen LogP contribution in [0.3, 0.4) is 0 Å². The minimum Gasteiger partial charge on any atom is -0.495 e. The number of imide groups is 1. The van der Waals surface area contributed by atoms with Crippen molar-refractivity contribution in [2.45, 2.75) is 19.4 Å². The standard InChI is InChI=1S/C12H12BrClN2O3/c1-12(2)10(17)16(11(18)15-12)8-5-7(14)9(19-3)4-6(8)13/h4-5H,1-3H3,(H,15,18). The summed E-state index contributed by atoms with van der Waals surface area (Å²) in [5.41, 5.74) is -0.540. The first kappa shape index (κ1) is 14.1. The summed E-state index contributed by atoms with van der Waals surface area (Å²) in [5, 5.41) is 2.93. The van der Waals surface area contributed by atoms with Crippen LogP contribution in [-0.4, -0.2) is 24.6 Å². The second-order valence-electron chi connectivity index (χ2n) is 4.63. The van der Waals surface area contributed by atoms with Gasteiger partial charge in [0.25, 0.3) is 5.91 Å². The molecule has 102 valence electrons. The van der Waals surface area contributed by atoms with E-state index in [4.69, 9.17) is 16.3 Å². The predicted molar refractivity (Wildman–Crippen MR) is 75.8 cm³/mol. The SMILES string of the molecule is COc1cc(Br)c(N2C(=O)NC(C)(C)C2=O)cc1Cl. The summed E-state index contributed by atoms with van der Waals surface area (Å²) in [6, 6.07) is 2.66. The maximum Gasteiger partial charge on any atom is 0.329 e. The lowest BCUT2D eigenvalue weighted by Crippen LogP contribution is -2.40. The van der Waals surface area contributed by atoms with Crippen LogP contribution >= 0.6 is 27.5 Å². The highest BCUT2D eigenvalue weighted by Gasteiger charge is 2.45. The van der Waals surface area contributed by atoms with Crippen LogP contribution in [0.25, 0.3) is 0 Å². The predicted octanol–water partition coefficient (Wildman–Crippen LogP) is 2.95. The first-order valence-corrected chi connectivity index (χ1v) is 6.65. The Kier molecular flexibility index (Phi) is 3.49. The van der Waals surface area contributed by atoms with E-state index in [2.05, 4.69) is 21.2 Å². The second kappa shape index (κ2) is 4.68. The number of benzene rings is 1. The van der Waals surface area contributed by atoms with E-state index in [9.17, 15) is 9.59 Å². The van der Waals surface area contributed by atoms with Crippen molar-refractivity contribution in [2.75, 3.05) is 12.0 Å². The topological polar surface area (TPSA) is 58.6 Å². The summed E-state index contributed by atoms with van der Waals surface area (Å²) in [7, 11) is 1.49.